The number of Topliss-reactive ketones (excluding diaryl/α,β-unsaturated/α-hetero) is 1. The number of rotatable bonds is 9. The van der Waals surface area contributed by atoms with E-state index in [4.69, 9.17) is 0 Å². The largest absolute Gasteiger partial charge is 0.352 e. The van der Waals surface area contributed by atoms with Crippen molar-refractivity contribution >= 4 is 34.7 Å². The number of aryl methyl sites for hydroxylation is 2. The van der Waals surface area contributed by atoms with Crippen LogP contribution in [0.15, 0.2) is 29.5 Å². The first-order valence-corrected chi connectivity index (χ1v) is 13.6. The molecule has 0 radical (unpaired) electrons. The molecule has 0 saturated heterocycles. The molecule has 3 aliphatic carbocycles. The first-order valence-electron chi connectivity index (χ1n) is 12.7. The fraction of sp³-hybridized carbons (Fsp3) is 0.500. The molecule has 3 heterocycles. The Kier molecular flexibility index (Phi) is 5.99. The van der Waals surface area contributed by atoms with Gasteiger partial charge < -0.3 is 15.2 Å². The monoisotopic (exact) mass is 506 g/mol. The van der Waals surface area contributed by atoms with E-state index < -0.39 is 0 Å². The second-order valence-corrected chi connectivity index (χ2v) is 11.5. The SMILES string of the molecule is Cn1ccc(Nc2nncn2[C@H]2CCc3sc(CC(=O)C4CC4)c(C(=O)NCC4CC4)c3C2)cc1=O. The number of fused-ring (bicyclic) bond motifs is 1. The standard InChI is InChI=1S/C26H30N6O3S/c1-31-9-8-17(10-23(31)34)29-26-30-28-14-32(26)18-6-7-21-19(11-18)24(25(35)27-13-15-2-3-15)22(36-21)12-20(33)16-4-5-16/h8-10,14-16,18H,2-7,11-13H2,1H3,(H,27,35)(H,29,30)/t18-/m0/s1. The van der Waals surface area contributed by atoms with E-state index in [9.17, 15) is 14.4 Å². The Morgan fingerprint density at radius 3 is 2.78 bits per heavy atom. The van der Waals surface area contributed by atoms with Crippen LogP contribution >= 0.6 is 11.3 Å². The second-order valence-electron chi connectivity index (χ2n) is 10.3. The maximum Gasteiger partial charge on any atom is 0.252 e. The van der Waals surface area contributed by atoms with Crippen molar-refractivity contribution in [2.24, 2.45) is 18.9 Å². The molecule has 0 unspecified atom stereocenters. The van der Waals surface area contributed by atoms with Crippen LogP contribution in [-0.4, -0.2) is 37.6 Å². The molecule has 0 aromatic carbocycles. The summed E-state index contributed by atoms with van der Waals surface area (Å²) in [6.07, 6.45) is 10.5. The summed E-state index contributed by atoms with van der Waals surface area (Å²) in [5.74, 6) is 1.56. The molecule has 0 aliphatic heterocycles. The van der Waals surface area contributed by atoms with Gasteiger partial charge in [-0.1, -0.05) is 0 Å². The highest BCUT2D eigenvalue weighted by Crippen LogP contribution is 2.41. The maximum absolute atomic E-state index is 13.4. The van der Waals surface area contributed by atoms with Crippen molar-refractivity contribution in [2.75, 3.05) is 11.9 Å². The van der Waals surface area contributed by atoms with Crippen molar-refractivity contribution in [2.45, 2.75) is 57.4 Å². The molecule has 0 spiro atoms. The third-order valence-electron chi connectivity index (χ3n) is 7.48. The smallest absolute Gasteiger partial charge is 0.252 e. The zero-order valence-electron chi connectivity index (χ0n) is 20.3. The second kappa shape index (κ2) is 9.31. The number of hydrogen-bond acceptors (Lipinski definition) is 7. The lowest BCUT2D eigenvalue weighted by Gasteiger charge is -2.25. The van der Waals surface area contributed by atoms with Crippen molar-refractivity contribution in [3.8, 4) is 0 Å². The number of carbonyl (C=O) groups is 2. The first-order chi connectivity index (χ1) is 17.5. The van der Waals surface area contributed by atoms with E-state index in [0.717, 1.165) is 41.7 Å². The molecule has 36 heavy (non-hydrogen) atoms. The Morgan fingerprint density at radius 1 is 1.19 bits per heavy atom. The predicted octanol–water partition coefficient (Wildman–Crippen LogP) is 3.17. The molecule has 3 aromatic rings. The van der Waals surface area contributed by atoms with Crippen LogP contribution in [0.2, 0.25) is 0 Å². The highest BCUT2D eigenvalue weighted by molar-refractivity contribution is 7.12. The van der Waals surface area contributed by atoms with Gasteiger partial charge in [-0.25, -0.2) is 0 Å². The molecular weight excluding hydrogens is 476 g/mol. The number of nitrogens with zero attached hydrogens (tertiary/aromatic N) is 4. The Morgan fingerprint density at radius 2 is 2.03 bits per heavy atom. The van der Waals surface area contributed by atoms with Gasteiger partial charge in [-0.15, -0.1) is 21.5 Å². The Bertz CT molecular complexity index is 1380. The van der Waals surface area contributed by atoms with Crippen molar-refractivity contribution in [1.29, 1.82) is 0 Å². The first kappa shape index (κ1) is 23.1. The van der Waals surface area contributed by atoms with Gasteiger partial charge in [0.05, 0.1) is 5.56 Å². The van der Waals surface area contributed by atoms with Crippen molar-refractivity contribution in [3.05, 3.63) is 55.9 Å². The fourth-order valence-electron chi connectivity index (χ4n) is 4.96. The van der Waals surface area contributed by atoms with E-state index in [1.165, 1.54) is 28.4 Å². The molecule has 2 saturated carbocycles. The van der Waals surface area contributed by atoms with Gasteiger partial charge in [0.25, 0.3) is 11.5 Å². The van der Waals surface area contributed by atoms with Crippen LogP contribution in [0.3, 0.4) is 0 Å². The molecule has 10 heteroatoms. The average Bonchev–Trinajstić information content (AvgIpc) is 3.79. The number of aromatic nitrogens is 4. The number of pyridine rings is 1. The van der Waals surface area contributed by atoms with Crippen LogP contribution in [0.25, 0.3) is 0 Å². The molecule has 1 amide bonds. The van der Waals surface area contributed by atoms with Crippen molar-refractivity contribution in [1.82, 2.24) is 24.6 Å². The normalized spacial score (nSPS) is 19.1. The van der Waals surface area contributed by atoms with E-state index in [1.54, 1.807) is 30.9 Å². The summed E-state index contributed by atoms with van der Waals surface area (Å²) in [5, 5.41) is 14.7. The molecule has 3 aliphatic rings. The van der Waals surface area contributed by atoms with Gasteiger partial charge >= 0.3 is 0 Å². The Hall–Kier alpha value is -3.27. The van der Waals surface area contributed by atoms with Crippen LogP contribution in [0.4, 0.5) is 11.6 Å². The van der Waals surface area contributed by atoms with Crippen LogP contribution in [-0.2, 0) is 31.1 Å². The van der Waals surface area contributed by atoms with E-state index >= 15 is 0 Å². The predicted molar refractivity (Wildman–Crippen MR) is 137 cm³/mol. The van der Waals surface area contributed by atoms with Gasteiger partial charge in [-0.3, -0.25) is 19.0 Å². The number of anilines is 2. The number of ketones is 1. The van der Waals surface area contributed by atoms with Crippen molar-refractivity contribution < 1.29 is 9.59 Å². The third-order valence-corrected chi connectivity index (χ3v) is 8.77. The Balaban J connectivity index is 1.27. The lowest BCUT2D eigenvalue weighted by molar-refractivity contribution is -0.119. The molecule has 188 valence electrons. The van der Waals surface area contributed by atoms with E-state index in [-0.39, 0.29) is 29.2 Å². The minimum atomic E-state index is -0.109. The molecule has 0 bridgehead atoms. The molecule has 9 nitrogen and oxygen atoms in total. The van der Waals surface area contributed by atoms with Crippen LogP contribution < -0.4 is 16.2 Å². The number of carbonyl (C=O) groups excluding carboxylic acids is 2. The lowest BCUT2D eigenvalue weighted by atomic mass is 9.90. The topological polar surface area (TPSA) is 111 Å². The van der Waals surface area contributed by atoms with Gasteiger partial charge in [-0.2, -0.15) is 0 Å². The van der Waals surface area contributed by atoms with Crippen LogP contribution in [0.5, 0.6) is 0 Å². The van der Waals surface area contributed by atoms with Crippen LogP contribution in [0.1, 0.15) is 63.8 Å². The van der Waals surface area contributed by atoms with Gasteiger partial charge in [-0.05, 0) is 62.5 Å². The summed E-state index contributed by atoms with van der Waals surface area (Å²) in [4.78, 5) is 40.2. The zero-order valence-corrected chi connectivity index (χ0v) is 21.1. The highest BCUT2D eigenvalue weighted by atomic mass is 32.1. The van der Waals surface area contributed by atoms with Crippen LogP contribution in [0, 0.1) is 11.8 Å². The molecule has 2 N–H and O–H groups in total. The summed E-state index contributed by atoms with van der Waals surface area (Å²) < 4.78 is 3.51. The summed E-state index contributed by atoms with van der Waals surface area (Å²) >= 11 is 1.65. The minimum absolute atomic E-state index is 0.0408. The maximum atomic E-state index is 13.4. The summed E-state index contributed by atoms with van der Waals surface area (Å²) in [6.45, 7) is 0.707. The van der Waals surface area contributed by atoms with Crippen molar-refractivity contribution in [3.63, 3.8) is 0 Å². The van der Waals surface area contributed by atoms with E-state index in [0.29, 0.717) is 36.9 Å². The van der Waals surface area contributed by atoms with E-state index in [2.05, 4.69) is 20.8 Å². The van der Waals surface area contributed by atoms with Gasteiger partial charge in [0.1, 0.15) is 12.1 Å². The summed E-state index contributed by atoms with van der Waals surface area (Å²) in [5.41, 5.74) is 2.34. The van der Waals surface area contributed by atoms with Gasteiger partial charge in [0.2, 0.25) is 5.95 Å². The number of thiophene rings is 1. The van der Waals surface area contributed by atoms with Gasteiger partial charge in [0.15, 0.2) is 0 Å². The minimum Gasteiger partial charge on any atom is -0.352 e. The Labute approximate surface area is 212 Å². The molecule has 3 aromatic heterocycles. The number of nitrogens with one attached hydrogen (secondary N) is 2. The molecular formula is C26H30N6O3S. The number of amides is 1. The highest BCUT2D eigenvalue weighted by Gasteiger charge is 2.35. The molecule has 1 atom stereocenters. The number of hydrogen-bond donors (Lipinski definition) is 2. The fourth-order valence-corrected chi connectivity index (χ4v) is 6.32. The lowest BCUT2D eigenvalue weighted by Crippen LogP contribution is -2.28. The molecule has 6 rings (SSSR count). The average molecular weight is 507 g/mol. The summed E-state index contributed by atoms with van der Waals surface area (Å²) in [6, 6.07) is 3.42. The molecule has 2 fully saturated rings. The quantitative estimate of drug-likeness (QED) is 0.461. The third kappa shape index (κ3) is 4.74. The summed E-state index contributed by atoms with van der Waals surface area (Å²) in [7, 11) is 1.71. The van der Waals surface area contributed by atoms with Gasteiger partial charge in [0, 0.05) is 59.7 Å². The van der Waals surface area contributed by atoms with E-state index in [1.807, 2.05) is 10.6 Å². The zero-order chi connectivity index (χ0) is 24.8.